The van der Waals surface area contributed by atoms with Gasteiger partial charge in [0.25, 0.3) is 0 Å². The summed E-state index contributed by atoms with van der Waals surface area (Å²) in [7, 11) is 0. The zero-order valence-corrected chi connectivity index (χ0v) is 16.2. The average molecular weight is 395 g/mol. The van der Waals surface area contributed by atoms with Crippen LogP contribution in [0.2, 0.25) is 5.02 Å². The summed E-state index contributed by atoms with van der Waals surface area (Å²) in [5.74, 6) is 1.52. The van der Waals surface area contributed by atoms with Crippen molar-refractivity contribution in [2.75, 3.05) is 31.1 Å². The molecule has 3 heterocycles. The van der Waals surface area contributed by atoms with Crippen LogP contribution in [0.4, 0.5) is 5.82 Å². The van der Waals surface area contributed by atoms with Gasteiger partial charge in [-0.1, -0.05) is 28.9 Å². The third kappa shape index (κ3) is 3.84. The number of hydrogen-bond donors (Lipinski definition) is 0. The molecule has 7 nitrogen and oxygen atoms in total. The van der Waals surface area contributed by atoms with Crippen molar-refractivity contribution in [2.24, 2.45) is 0 Å². The third-order valence-electron chi connectivity index (χ3n) is 5.00. The Morgan fingerprint density at radius 2 is 1.96 bits per heavy atom. The van der Waals surface area contributed by atoms with Crippen LogP contribution < -0.4 is 4.90 Å². The van der Waals surface area contributed by atoms with Gasteiger partial charge in [-0.25, -0.2) is 9.97 Å². The average Bonchev–Trinajstić information content (AvgIpc) is 3.24. The van der Waals surface area contributed by atoms with Crippen molar-refractivity contribution < 1.29 is 4.52 Å². The number of nitrogens with zero attached hydrogens (tertiary/aromatic N) is 6. The zero-order chi connectivity index (χ0) is 19.5. The molecule has 0 amide bonds. The lowest BCUT2D eigenvalue weighted by atomic mass is 10.1. The van der Waals surface area contributed by atoms with Gasteiger partial charge >= 0.3 is 0 Å². The Balaban J connectivity index is 1.40. The normalized spacial score (nSPS) is 16.0. The number of anilines is 1. The zero-order valence-electron chi connectivity index (χ0n) is 15.4. The molecule has 28 heavy (non-hydrogen) atoms. The van der Waals surface area contributed by atoms with Crippen molar-refractivity contribution in [3.63, 3.8) is 0 Å². The molecule has 1 atom stereocenters. The molecule has 1 saturated heterocycles. The molecule has 0 bridgehead atoms. The van der Waals surface area contributed by atoms with E-state index in [1.807, 2.05) is 36.4 Å². The first-order valence-corrected chi connectivity index (χ1v) is 9.45. The lowest BCUT2D eigenvalue weighted by Crippen LogP contribution is -2.47. The van der Waals surface area contributed by atoms with E-state index in [1.165, 1.54) is 6.20 Å². The quantitative estimate of drug-likeness (QED) is 0.669. The van der Waals surface area contributed by atoms with Crippen LogP contribution in [0.5, 0.6) is 0 Å². The van der Waals surface area contributed by atoms with Crippen molar-refractivity contribution >= 4 is 17.4 Å². The summed E-state index contributed by atoms with van der Waals surface area (Å²) < 4.78 is 5.54. The minimum atomic E-state index is 0.144. The van der Waals surface area contributed by atoms with E-state index >= 15 is 0 Å². The largest absolute Gasteiger partial charge is 0.356 e. The van der Waals surface area contributed by atoms with Gasteiger partial charge in [-0.3, -0.25) is 4.90 Å². The minimum absolute atomic E-state index is 0.144. The van der Waals surface area contributed by atoms with Crippen LogP contribution in [0.15, 0.2) is 47.2 Å². The molecule has 1 fully saturated rings. The Kier molecular flexibility index (Phi) is 5.24. The molecule has 142 valence electrons. The fraction of sp³-hybridized carbons (Fsp3) is 0.300. The first kappa shape index (κ1) is 18.4. The number of piperazine rings is 1. The number of hydrogen-bond acceptors (Lipinski definition) is 7. The van der Waals surface area contributed by atoms with E-state index < -0.39 is 0 Å². The molecule has 1 aliphatic heterocycles. The van der Waals surface area contributed by atoms with Crippen LogP contribution in [0.25, 0.3) is 11.3 Å². The van der Waals surface area contributed by atoms with Crippen LogP contribution in [-0.2, 0) is 0 Å². The predicted octanol–water partition coefficient (Wildman–Crippen LogP) is 3.54. The second-order valence-corrected chi connectivity index (χ2v) is 7.13. The van der Waals surface area contributed by atoms with Crippen LogP contribution in [0.1, 0.15) is 24.4 Å². The second kappa shape index (κ2) is 7.97. The summed E-state index contributed by atoms with van der Waals surface area (Å²) >= 11 is 6.07. The highest BCUT2D eigenvalue weighted by Crippen LogP contribution is 2.28. The molecule has 8 heteroatoms. The predicted molar refractivity (Wildman–Crippen MR) is 106 cm³/mol. The van der Waals surface area contributed by atoms with Crippen molar-refractivity contribution in [1.82, 2.24) is 20.0 Å². The van der Waals surface area contributed by atoms with Gasteiger partial charge in [-0.15, -0.1) is 0 Å². The Morgan fingerprint density at radius 1 is 1.14 bits per heavy atom. The summed E-state index contributed by atoms with van der Waals surface area (Å²) in [4.78, 5) is 13.0. The number of rotatable bonds is 4. The van der Waals surface area contributed by atoms with E-state index in [2.05, 4.69) is 31.8 Å². The third-order valence-corrected chi connectivity index (χ3v) is 5.24. The first-order chi connectivity index (χ1) is 13.6. The number of aromatic nitrogens is 3. The number of halogens is 1. The molecule has 0 spiro atoms. The molecule has 2 aromatic heterocycles. The number of benzene rings is 1. The van der Waals surface area contributed by atoms with Gasteiger partial charge in [0, 0.05) is 42.8 Å². The maximum atomic E-state index is 8.84. The fourth-order valence-electron chi connectivity index (χ4n) is 3.33. The van der Waals surface area contributed by atoms with Crippen LogP contribution in [0.3, 0.4) is 0 Å². The van der Waals surface area contributed by atoms with E-state index in [4.69, 9.17) is 21.4 Å². The summed E-state index contributed by atoms with van der Waals surface area (Å²) in [6.07, 6.45) is 3.17. The van der Waals surface area contributed by atoms with Gasteiger partial charge in [0.2, 0.25) is 0 Å². The SMILES string of the molecule is CC(c1cc(-c2cccc(Cl)c2)on1)N1CCN(c2cnc(C#N)cn2)CC1. The molecule has 1 unspecified atom stereocenters. The Labute approximate surface area is 168 Å². The van der Waals surface area contributed by atoms with Gasteiger partial charge in [0.15, 0.2) is 11.5 Å². The topological polar surface area (TPSA) is 82.1 Å². The molecule has 0 aliphatic carbocycles. The molecule has 4 rings (SSSR count). The summed E-state index contributed by atoms with van der Waals surface area (Å²) in [5, 5.41) is 13.8. The van der Waals surface area contributed by atoms with Gasteiger partial charge in [0.1, 0.15) is 17.6 Å². The molecule has 0 saturated carbocycles. The van der Waals surface area contributed by atoms with Crippen LogP contribution in [-0.4, -0.2) is 46.2 Å². The summed E-state index contributed by atoms with van der Waals surface area (Å²) in [6.45, 7) is 5.56. The maximum Gasteiger partial charge on any atom is 0.167 e. The van der Waals surface area contributed by atoms with Crippen molar-refractivity contribution in [3.8, 4) is 17.4 Å². The molecule has 0 N–H and O–H groups in total. The van der Waals surface area contributed by atoms with Crippen molar-refractivity contribution in [2.45, 2.75) is 13.0 Å². The number of nitriles is 1. The van der Waals surface area contributed by atoms with Crippen molar-refractivity contribution in [3.05, 3.63) is 59.1 Å². The Morgan fingerprint density at radius 3 is 2.64 bits per heavy atom. The second-order valence-electron chi connectivity index (χ2n) is 6.70. The lowest BCUT2D eigenvalue weighted by molar-refractivity contribution is 0.190. The van der Waals surface area contributed by atoms with E-state index in [0.29, 0.717) is 10.7 Å². The Hall–Kier alpha value is -2.95. The minimum Gasteiger partial charge on any atom is -0.356 e. The van der Waals surface area contributed by atoms with Crippen LogP contribution in [0, 0.1) is 11.3 Å². The van der Waals surface area contributed by atoms with E-state index in [1.54, 1.807) is 6.20 Å². The van der Waals surface area contributed by atoms with Gasteiger partial charge in [-0.2, -0.15) is 5.26 Å². The molecule has 3 aromatic rings. The standard InChI is InChI=1S/C20H19ClN6O/c1-14(18-10-19(28-25-18)15-3-2-4-16(21)9-15)26-5-7-27(8-6-26)20-13-23-17(11-22)12-24-20/h2-4,9-10,12-14H,5-8H2,1H3. The Bertz CT molecular complexity index is 988. The van der Waals surface area contributed by atoms with Crippen molar-refractivity contribution in [1.29, 1.82) is 5.26 Å². The smallest absolute Gasteiger partial charge is 0.167 e. The molecule has 1 aliphatic rings. The van der Waals surface area contributed by atoms with Gasteiger partial charge < -0.3 is 9.42 Å². The van der Waals surface area contributed by atoms with Crippen LogP contribution >= 0.6 is 11.6 Å². The maximum absolute atomic E-state index is 8.84. The molecule has 1 aromatic carbocycles. The summed E-state index contributed by atoms with van der Waals surface area (Å²) in [6, 6.07) is 11.7. The van der Waals surface area contributed by atoms with Gasteiger partial charge in [-0.05, 0) is 19.1 Å². The molecule has 0 radical (unpaired) electrons. The highest BCUT2D eigenvalue weighted by atomic mass is 35.5. The lowest BCUT2D eigenvalue weighted by Gasteiger charge is -2.37. The highest BCUT2D eigenvalue weighted by Gasteiger charge is 2.25. The molecular formula is C20H19ClN6O. The highest BCUT2D eigenvalue weighted by molar-refractivity contribution is 6.30. The first-order valence-electron chi connectivity index (χ1n) is 9.08. The summed E-state index contributed by atoms with van der Waals surface area (Å²) in [5.41, 5.74) is 2.15. The molecular weight excluding hydrogens is 376 g/mol. The van der Waals surface area contributed by atoms with E-state index in [9.17, 15) is 0 Å². The monoisotopic (exact) mass is 394 g/mol. The van der Waals surface area contributed by atoms with E-state index in [0.717, 1.165) is 49.0 Å². The van der Waals surface area contributed by atoms with Gasteiger partial charge in [0.05, 0.1) is 18.4 Å². The van der Waals surface area contributed by atoms with E-state index in [-0.39, 0.29) is 6.04 Å². The fourth-order valence-corrected chi connectivity index (χ4v) is 3.52.